The van der Waals surface area contributed by atoms with Crippen LogP contribution in [0.25, 0.3) is 22.6 Å². The zero-order chi connectivity index (χ0) is 15.7. The summed E-state index contributed by atoms with van der Waals surface area (Å²) < 4.78 is 31.3. The van der Waals surface area contributed by atoms with Crippen LogP contribution in [0.2, 0.25) is 0 Å². The molecule has 0 amide bonds. The Morgan fingerprint density at radius 2 is 2.09 bits per heavy atom. The Morgan fingerprint density at radius 1 is 1.30 bits per heavy atom. The molecule has 122 valence electrons. The summed E-state index contributed by atoms with van der Waals surface area (Å²) >= 11 is 0. The number of hydrogen-bond donors (Lipinski definition) is 2. The number of methoxy groups -OCH3 is 1. The van der Waals surface area contributed by atoms with Gasteiger partial charge < -0.3 is 9.72 Å². The average molecular weight is 356 g/mol. The molecule has 0 aliphatic heterocycles. The Kier molecular flexibility index (Phi) is 4.83. The van der Waals surface area contributed by atoms with Gasteiger partial charge in [-0.2, -0.15) is 0 Å². The Hall–Kier alpha value is -2.23. The summed E-state index contributed by atoms with van der Waals surface area (Å²) in [5, 5.41) is 0. The highest BCUT2D eigenvalue weighted by Crippen LogP contribution is 2.31. The molecule has 0 unspecified atom stereocenters. The van der Waals surface area contributed by atoms with Crippen molar-refractivity contribution in [3.63, 3.8) is 0 Å². The zero-order valence-electron chi connectivity index (χ0n) is 12.3. The number of fused-ring (bicyclic) bond motifs is 1. The first kappa shape index (κ1) is 17.1. The maximum Gasteiger partial charge on any atom is 0.240 e. The number of nitrogens with zero attached hydrogens (tertiary/aromatic N) is 3. The number of H-pyrrole nitrogens is 1. The molecular weight excluding hydrogens is 342 g/mol. The number of benzene rings is 1. The summed E-state index contributed by atoms with van der Waals surface area (Å²) in [7, 11) is -0.713. The molecule has 23 heavy (non-hydrogen) atoms. The summed E-state index contributed by atoms with van der Waals surface area (Å²) in [6.45, 7) is 0. The summed E-state index contributed by atoms with van der Waals surface area (Å²) in [6, 6.07) is 4.57. The van der Waals surface area contributed by atoms with Crippen LogP contribution in [0.5, 0.6) is 5.75 Å². The number of ether oxygens (including phenoxy) is 1. The van der Waals surface area contributed by atoms with E-state index < -0.39 is 10.0 Å². The van der Waals surface area contributed by atoms with Crippen LogP contribution in [0, 0.1) is 0 Å². The van der Waals surface area contributed by atoms with Crippen LogP contribution >= 0.6 is 12.4 Å². The third-order valence-corrected chi connectivity index (χ3v) is 4.58. The van der Waals surface area contributed by atoms with Gasteiger partial charge in [0.25, 0.3) is 0 Å². The van der Waals surface area contributed by atoms with Crippen LogP contribution in [0.3, 0.4) is 0 Å². The fourth-order valence-corrected chi connectivity index (χ4v) is 2.79. The summed E-state index contributed by atoms with van der Waals surface area (Å²) in [5.41, 5.74) is 1.85. The van der Waals surface area contributed by atoms with E-state index in [1.165, 1.54) is 32.6 Å². The third-order valence-electron chi connectivity index (χ3n) is 3.17. The molecule has 0 radical (unpaired) electrons. The normalized spacial score (nSPS) is 11.2. The minimum atomic E-state index is -3.54. The number of nitrogens with one attached hydrogen (secondary N) is 2. The van der Waals surface area contributed by atoms with Gasteiger partial charge in [0, 0.05) is 6.07 Å². The van der Waals surface area contributed by atoms with E-state index in [4.69, 9.17) is 4.74 Å². The molecule has 0 atom stereocenters. The maximum absolute atomic E-state index is 11.8. The predicted molar refractivity (Wildman–Crippen MR) is 87.2 cm³/mol. The van der Waals surface area contributed by atoms with Crippen molar-refractivity contribution in [1.29, 1.82) is 0 Å². The molecule has 3 aromatic rings. The van der Waals surface area contributed by atoms with Crippen molar-refractivity contribution in [2.75, 3.05) is 14.2 Å². The molecule has 0 saturated heterocycles. The number of halogens is 1. The van der Waals surface area contributed by atoms with Gasteiger partial charge in [-0.3, -0.25) is 0 Å². The lowest BCUT2D eigenvalue weighted by molar-refractivity contribution is 0.415. The minimum Gasteiger partial charge on any atom is -0.496 e. The number of hydrogen-bond acceptors (Lipinski definition) is 6. The highest BCUT2D eigenvalue weighted by atomic mass is 35.5. The second-order valence-electron chi connectivity index (χ2n) is 4.42. The predicted octanol–water partition coefficient (Wildman–Crippen LogP) is 1.36. The lowest BCUT2D eigenvalue weighted by Crippen LogP contribution is -2.18. The van der Waals surface area contributed by atoms with Crippen LogP contribution in [0.4, 0.5) is 0 Å². The molecule has 8 nitrogen and oxygen atoms in total. The van der Waals surface area contributed by atoms with Gasteiger partial charge in [-0.15, -0.1) is 12.4 Å². The van der Waals surface area contributed by atoms with Crippen LogP contribution in [-0.2, 0) is 10.0 Å². The van der Waals surface area contributed by atoms with Crippen molar-refractivity contribution in [2.45, 2.75) is 4.90 Å². The number of imidazole rings is 1. The van der Waals surface area contributed by atoms with E-state index in [2.05, 4.69) is 24.7 Å². The van der Waals surface area contributed by atoms with Gasteiger partial charge in [0.15, 0.2) is 5.65 Å². The lowest BCUT2D eigenvalue weighted by Gasteiger charge is -2.09. The Bertz CT molecular complexity index is 909. The zero-order valence-corrected chi connectivity index (χ0v) is 13.9. The minimum absolute atomic E-state index is 0. The standard InChI is InChI=1S/C13H13N5O3S.ClH/c1-14-22(19,20)8-3-4-9(11(5-8)21-2)12-17-10-6-15-7-16-13(10)18-12;/h3-7,14H,1-2H3,(H,15,16,17,18);1H. The van der Waals surface area contributed by atoms with E-state index in [1.54, 1.807) is 12.3 Å². The molecule has 1 aromatic carbocycles. The Balaban J connectivity index is 0.00000192. The summed E-state index contributed by atoms with van der Waals surface area (Å²) in [4.78, 5) is 15.5. The molecule has 0 fully saturated rings. The molecule has 2 N–H and O–H groups in total. The van der Waals surface area contributed by atoms with Crippen molar-refractivity contribution in [1.82, 2.24) is 24.7 Å². The van der Waals surface area contributed by atoms with Gasteiger partial charge in [-0.25, -0.2) is 28.1 Å². The van der Waals surface area contributed by atoms with E-state index in [0.717, 1.165) is 0 Å². The van der Waals surface area contributed by atoms with Crippen molar-refractivity contribution in [3.8, 4) is 17.1 Å². The van der Waals surface area contributed by atoms with E-state index in [1.807, 2.05) is 0 Å². The number of sulfonamides is 1. The van der Waals surface area contributed by atoms with Crippen LogP contribution < -0.4 is 9.46 Å². The van der Waals surface area contributed by atoms with Gasteiger partial charge in [-0.1, -0.05) is 0 Å². The fraction of sp³-hybridized carbons (Fsp3) is 0.154. The highest BCUT2D eigenvalue weighted by molar-refractivity contribution is 7.89. The van der Waals surface area contributed by atoms with Crippen molar-refractivity contribution >= 4 is 33.6 Å². The molecule has 2 aromatic heterocycles. The fourth-order valence-electron chi connectivity index (χ4n) is 2.04. The molecule has 2 heterocycles. The van der Waals surface area contributed by atoms with Gasteiger partial charge in [0.1, 0.15) is 23.4 Å². The molecule has 0 bridgehead atoms. The van der Waals surface area contributed by atoms with Crippen LogP contribution in [0.15, 0.2) is 35.6 Å². The second kappa shape index (κ2) is 6.49. The Labute approximate surface area is 138 Å². The lowest BCUT2D eigenvalue weighted by atomic mass is 10.2. The largest absolute Gasteiger partial charge is 0.496 e. The van der Waals surface area contributed by atoms with Crippen molar-refractivity contribution in [2.24, 2.45) is 0 Å². The molecule has 3 rings (SSSR count). The molecule has 0 aliphatic rings. The first-order chi connectivity index (χ1) is 10.5. The number of aromatic nitrogens is 4. The quantitative estimate of drug-likeness (QED) is 0.731. The first-order valence-electron chi connectivity index (χ1n) is 6.33. The van der Waals surface area contributed by atoms with Gasteiger partial charge in [0.05, 0.1) is 23.8 Å². The average Bonchev–Trinajstić information content (AvgIpc) is 2.98. The number of rotatable bonds is 4. The first-order valence-corrected chi connectivity index (χ1v) is 7.81. The van der Waals surface area contributed by atoms with E-state index in [-0.39, 0.29) is 17.3 Å². The Morgan fingerprint density at radius 3 is 2.74 bits per heavy atom. The molecule has 0 spiro atoms. The van der Waals surface area contributed by atoms with E-state index in [0.29, 0.717) is 28.3 Å². The third kappa shape index (κ3) is 3.11. The molecule has 0 aliphatic carbocycles. The maximum atomic E-state index is 11.8. The van der Waals surface area contributed by atoms with Gasteiger partial charge >= 0.3 is 0 Å². The van der Waals surface area contributed by atoms with Gasteiger partial charge in [-0.05, 0) is 19.2 Å². The second-order valence-corrected chi connectivity index (χ2v) is 6.30. The highest BCUT2D eigenvalue weighted by Gasteiger charge is 2.17. The molecule has 10 heteroatoms. The molecule has 0 saturated carbocycles. The van der Waals surface area contributed by atoms with E-state index >= 15 is 0 Å². The van der Waals surface area contributed by atoms with E-state index in [9.17, 15) is 8.42 Å². The van der Waals surface area contributed by atoms with Crippen LogP contribution in [0.1, 0.15) is 0 Å². The summed E-state index contributed by atoms with van der Waals surface area (Å²) in [5.74, 6) is 0.920. The van der Waals surface area contributed by atoms with Crippen LogP contribution in [-0.4, -0.2) is 42.5 Å². The smallest absolute Gasteiger partial charge is 0.240 e. The van der Waals surface area contributed by atoms with Crippen molar-refractivity contribution < 1.29 is 13.2 Å². The number of aromatic amines is 1. The molecular formula is C13H14ClN5O3S. The SMILES string of the molecule is CNS(=O)(=O)c1ccc(-c2nc3ncncc3[nH]2)c(OC)c1.Cl. The topological polar surface area (TPSA) is 110 Å². The monoisotopic (exact) mass is 355 g/mol. The van der Waals surface area contributed by atoms with Crippen molar-refractivity contribution in [3.05, 3.63) is 30.7 Å². The summed E-state index contributed by atoms with van der Waals surface area (Å²) in [6.07, 6.45) is 3.03. The van der Waals surface area contributed by atoms with Gasteiger partial charge in [0.2, 0.25) is 10.0 Å².